The van der Waals surface area contributed by atoms with Gasteiger partial charge in [0.1, 0.15) is 24.3 Å². The number of carbonyl (C=O) groups is 5. The smallest absolute Gasteiger partial charge is 0.413 e. The Labute approximate surface area is 221 Å². The van der Waals surface area contributed by atoms with E-state index in [2.05, 4.69) is 28.8 Å². The lowest BCUT2D eigenvalue weighted by Crippen LogP contribution is -2.57. The maximum Gasteiger partial charge on any atom is 0.413 e. The zero-order valence-electron chi connectivity index (χ0n) is 20.8. The first-order valence-electron chi connectivity index (χ1n) is 11.4. The molecule has 38 heavy (non-hydrogen) atoms. The summed E-state index contributed by atoms with van der Waals surface area (Å²) >= 11 is 0.966. The number of nitrogens with one attached hydrogen (secondary N) is 2. The summed E-state index contributed by atoms with van der Waals surface area (Å²) in [5, 5.41) is 18.7. The Morgan fingerprint density at radius 1 is 1.39 bits per heavy atom. The van der Waals surface area contributed by atoms with Crippen LogP contribution in [0.2, 0.25) is 0 Å². The van der Waals surface area contributed by atoms with Crippen molar-refractivity contribution in [3.63, 3.8) is 0 Å². The molecule has 14 nitrogen and oxygen atoms in total. The molecule has 1 saturated heterocycles. The Balaban J connectivity index is 1.80. The van der Waals surface area contributed by atoms with Crippen molar-refractivity contribution in [2.75, 3.05) is 32.1 Å². The molecule has 0 aliphatic carbocycles. The maximum atomic E-state index is 13.3. The summed E-state index contributed by atoms with van der Waals surface area (Å²) < 4.78 is 10.1. The summed E-state index contributed by atoms with van der Waals surface area (Å²) in [6.07, 6.45) is 1.86. The normalized spacial score (nSPS) is 19.4. The number of nitrogens with zero attached hydrogens (tertiary/aromatic N) is 3. The fraction of sp³-hybridized carbons (Fsp3) is 0.391. The van der Waals surface area contributed by atoms with Gasteiger partial charge >= 0.3 is 12.1 Å². The summed E-state index contributed by atoms with van der Waals surface area (Å²) in [6.45, 7) is 8.55. The number of aromatic nitrogens is 1. The second-order valence-electron chi connectivity index (χ2n) is 8.21. The first kappa shape index (κ1) is 28.6. The van der Waals surface area contributed by atoms with E-state index in [1.54, 1.807) is 6.92 Å². The standard InChI is InChI=1S/C23H28N6O8S/c1-5-8-37-22(35)27-21-26-16(11-38-21)23(24,36-4)20(34)25-14-10-28-9-13(15(30)7-3)17(29(28)18(14)31)12(6-2)19(32)33/h5-6,11-12,14H,1-2,7-10,24H2,3-4H3,(H,25,34)(H,32,33)(H,26,27,35)/t12?,14-,23?/m0/s1. The summed E-state index contributed by atoms with van der Waals surface area (Å²) in [7, 11) is 1.17. The summed E-state index contributed by atoms with van der Waals surface area (Å²) in [4.78, 5) is 66.8. The number of methoxy groups -OCH3 is 1. The van der Waals surface area contributed by atoms with Crippen molar-refractivity contribution < 1.29 is 38.6 Å². The number of carboxylic acids is 1. The number of thiazole rings is 1. The molecule has 0 spiro atoms. The number of fused-ring (bicyclic) bond motifs is 1. The minimum Gasteiger partial charge on any atom is -0.481 e. The highest BCUT2D eigenvalue weighted by Gasteiger charge is 2.51. The van der Waals surface area contributed by atoms with Gasteiger partial charge in [-0.3, -0.25) is 30.2 Å². The number of nitrogens with two attached hydrogens (primary N) is 1. The highest BCUT2D eigenvalue weighted by Crippen LogP contribution is 2.35. The fourth-order valence-corrected chi connectivity index (χ4v) is 4.74. The number of hydrogen-bond donors (Lipinski definition) is 4. The molecule has 0 bridgehead atoms. The molecule has 1 fully saturated rings. The SMILES string of the molecule is C=CCOC(=O)Nc1nc(C(N)(OC)C(=O)N[C@H]2CN3CC(C(=O)CC)=C(C(C=C)C(=O)O)N3C2=O)cs1. The molecular weight excluding hydrogens is 520 g/mol. The molecule has 0 aromatic carbocycles. The van der Waals surface area contributed by atoms with Crippen LogP contribution in [0.25, 0.3) is 0 Å². The van der Waals surface area contributed by atoms with E-state index in [4.69, 9.17) is 15.2 Å². The van der Waals surface area contributed by atoms with Gasteiger partial charge in [0.05, 0.1) is 5.70 Å². The number of aliphatic carboxylic acids is 1. The zero-order chi connectivity index (χ0) is 28.2. The third-order valence-corrected chi connectivity index (χ3v) is 6.66. The van der Waals surface area contributed by atoms with Crippen LogP contribution in [0.5, 0.6) is 0 Å². The van der Waals surface area contributed by atoms with Crippen molar-refractivity contribution in [3.8, 4) is 0 Å². The number of Topliss-reactive ketones (excluding diaryl/α,β-unsaturated/α-hetero) is 1. The molecule has 1 aromatic rings. The van der Waals surface area contributed by atoms with Crippen LogP contribution in [-0.2, 0) is 34.4 Å². The minimum absolute atomic E-state index is 0.00114. The molecule has 15 heteroatoms. The number of ether oxygens (including phenoxy) is 2. The van der Waals surface area contributed by atoms with E-state index in [1.165, 1.54) is 23.6 Å². The predicted octanol–water partition coefficient (Wildman–Crippen LogP) is 0.313. The molecule has 2 unspecified atom stereocenters. The molecule has 1 aromatic heterocycles. The Kier molecular flexibility index (Phi) is 8.78. The first-order valence-corrected chi connectivity index (χ1v) is 12.3. The average molecular weight is 549 g/mol. The Morgan fingerprint density at radius 2 is 2.11 bits per heavy atom. The fourth-order valence-electron chi connectivity index (χ4n) is 3.99. The van der Waals surface area contributed by atoms with E-state index in [1.807, 2.05) is 0 Å². The van der Waals surface area contributed by atoms with Crippen LogP contribution < -0.4 is 16.4 Å². The van der Waals surface area contributed by atoms with Crippen molar-refractivity contribution in [3.05, 3.63) is 47.7 Å². The van der Waals surface area contributed by atoms with Gasteiger partial charge in [-0.2, -0.15) is 0 Å². The lowest BCUT2D eigenvalue weighted by molar-refractivity contribution is -0.148. The molecule has 0 saturated carbocycles. The number of hydrogen-bond acceptors (Lipinski definition) is 11. The van der Waals surface area contributed by atoms with Gasteiger partial charge in [-0.1, -0.05) is 25.7 Å². The number of carbonyl (C=O) groups excluding carboxylic acids is 4. The number of amides is 3. The third kappa shape index (κ3) is 5.35. The second kappa shape index (κ2) is 11.6. The molecule has 3 rings (SSSR count). The summed E-state index contributed by atoms with van der Waals surface area (Å²) in [6, 6.07) is -1.13. The van der Waals surface area contributed by atoms with Gasteiger partial charge in [0, 0.05) is 37.6 Å². The Bertz CT molecular complexity index is 1210. The van der Waals surface area contributed by atoms with Crippen LogP contribution in [0, 0.1) is 5.92 Å². The third-order valence-electron chi connectivity index (χ3n) is 5.91. The molecule has 3 heterocycles. The molecule has 5 N–H and O–H groups in total. The number of anilines is 1. The first-order chi connectivity index (χ1) is 18.0. The quantitative estimate of drug-likeness (QED) is 0.207. The van der Waals surface area contributed by atoms with Gasteiger partial charge in [-0.25, -0.2) is 19.8 Å². The van der Waals surface area contributed by atoms with Gasteiger partial charge in [-0.15, -0.1) is 17.9 Å². The number of ketones is 1. The van der Waals surface area contributed by atoms with Gasteiger partial charge in [0.2, 0.25) is 5.72 Å². The van der Waals surface area contributed by atoms with E-state index in [-0.39, 0.29) is 54.0 Å². The molecule has 204 valence electrons. The van der Waals surface area contributed by atoms with Crippen molar-refractivity contribution in [1.29, 1.82) is 0 Å². The summed E-state index contributed by atoms with van der Waals surface area (Å²) in [5.41, 5.74) is 4.25. The van der Waals surface area contributed by atoms with Gasteiger partial charge in [-0.05, 0) is 0 Å². The summed E-state index contributed by atoms with van der Waals surface area (Å²) in [5.74, 6) is -4.43. The van der Waals surface area contributed by atoms with Crippen LogP contribution in [0.1, 0.15) is 19.0 Å². The van der Waals surface area contributed by atoms with Crippen molar-refractivity contribution in [2.45, 2.75) is 25.1 Å². The highest BCUT2D eigenvalue weighted by atomic mass is 32.1. The highest BCUT2D eigenvalue weighted by molar-refractivity contribution is 7.13. The zero-order valence-corrected chi connectivity index (χ0v) is 21.6. The topological polar surface area (TPSA) is 193 Å². The van der Waals surface area contributed by atoms with Gasteiger partial charge < -0.3 is 19.9 Å². The molecular formula is C23H28N6O8S. The van der Waals surface area contributed by atoms with Crippen molar-refractivity contribution >= 4 is 46.1 Å². The molecule has 0 radical (unpaired) electrons. The molecule has 3 atom stereocenters. The van der Waals surface area contributed by atoms with Gasteiger partial charge in [0.25, 0.3) is 11.8 Å². The van der Waals surface area contributed by atoms with Gasteiger partial charge in [0.15, 0.2) is 10.9 Å². The van der Waals surface area contributed by atoms with Crippen molar-refractivity contribution in [1.82, 2.24) is 20.3 Å². The van der Waals surface area contributed by atoms with Crippen LogP contribution in [0.15, 0.2) is 42.0 Å². The minimum atomic E-state index is -2.13. The van der Waals surface area contributed by atoms with Crippen LogP contribution >= 0.6 is 11.3 Å². The molecule has 3 amide bonds. The van der Waals surface area contributed by atoms with Crippen molar-refractivity contribution in [2.24, 2.45) is 11.7 Å². The van der Waals surface area contributed by atoms with Crippen LogP contribution in [0.4, 0.5) is 9.93 Å². The van der Waals surface area contributed by atoms with Crippen LogP contribution in [0.3, 0.4) is 0 Å². The second-order valence-corrected chi connectivity index (χ2v) is 9.06. The maximum absolute atomic E-state index is 13.3. The van der Waals surface area contributed by atoms with E-state index < -0.39 is 41.6 Å². The van der Waals surface area contributed by atoms with Crippen LogP contribution in [-0.4, -0.2) is 82.6 Å². The number of rotatable bonds is 12. The lowest BCUT2D eigenvalue weighted by Gasteiger charge is -2.26. The number of hydrazine groups is 1. The largest absolute Gasteiger partial charge is 0.481 e. The Hall–Kier alpha value is -3.92. The van der Waals surface area contributed by atoms with E-state index >= 15 is 0 Å². The Morgan fingerprint density at radius 3 is 2.68 bits per heavy atom. The average Bonchev–Trinajstić information content (AvgIpc) is 3.58. The van der Waals surface area contributed by atoms with E-state index in [0.717, 1.165) is 22.4 Å². The lowest BCUT2D eigenvalue weighted by atomic mass is 9.97. The van der Waals surface area contributed by atoms with E-state index in [0.29, 0.717) is 0 Å². The monoisotopic (exact) mass is 548 g/mol. The molecule has 2 aliphatic rings. The number of carboxylic acid groups (broad SMARTS) is 1. The van der Waals surface area contributed by atoms with E-state index in [9.17, 15) is 29.1 Å². The predicted molar refractivity (Wildman–Crippen MR) is 134 cm³/mol. The molecule has 2 aliphatic heterocycles.